The zero-order valence-corrected chi connectivity index (χ0v) is 9.97. The van der Waals surface area contributed by atoms with Gasteiger partial charge in [-0.05, 0) is 12.1 Å². The normalized spacial score (nSPS) is 29.7. The Labute approximate surface area is 109 Å². The first-order valence-corrected chi connectivity index (χ1v) is 5.77. The summed E-state index contributed by atoms with van der Waals surface area (Å²) in [6, 6.07) is 10.1. The van der Waals surface area contributed by atoms with Gasteiger partial charge >= 0.3 is 5.97 Å². The van der Waals surface area contributed by atoms with E-state index in [1.54, 1.807) is 36.4 Å². The topological polar surface area (TPSA) is 99.8 Å². The average Bonchev–Trinajstić information content (AvgIpc) is 2.73. The first-order chi connectivity index (χ1) is 9.13. The smallest absolute Gasteiger partial charge is 0.338 e. The van der Waals surface area contributed by atoms with Gasteiger partial charge in [0.05, 0.1) is 11.6 Å². The van der Waals surface area contributed by atoms with E-state index < -0.39 is 30.4 Å². The van der Waals surface area contributed by atoms with Crippen molar-refractivity contribution in [1.82, 2.24) is 0 Å². The standard InChI is InChI=1S/C13H13NO5/c14-6-9-11(15)12(16)10(19-9)7-18-13(17)8-4-2-1-3-5-8/h1-5,9-12,15-16H,7H2. The molecule has 0 aliphatic carbocycles. The van der Waals surface area contributed by atoms with Gasteiger partial charge in [-0.25, -0.2) is 4.79 Å². The molecule has 1 aromatic carbocycles. The number of nitrogens with zero attached hydrogens (tertiary/aromatic N) is 1. The molecule has 6 heteroatoms. The van der Waals surface area contributed by atoms with E-state index in [1.165, 1.54) is 0 Å². The number of ether oxygens (including phenoxy) is 2. The summed E-state index contributed by atoms with van der Waals surface area (Å²) in [4.78, 5) is 11.7. The fourth-order valence-electron chi connectivity index (χ4n) is 1.81. The number of aliphatic hydroxyl groups excluding tert-OH is 2. The summed E-state index contributed by atoms with van der Waals surface area (Å²) in [5.41, 5.74) is 0.382. The Morgan fingerprint density at radius 3 is 2.58 bits per heavy atom. The predicted molar refractivity (Wildman–Crippen MR) is 63.0 cm³/mol. The lowest BCUT2D eigenvalue weighted by atomic mass is 10.1. The monoisotopic (exact) mass is 263 g/mol. The van der Waals surface area contributed by atoms with Gasteiger partial charge in [0, 0.05) is 0 Å². The van der Waals surface area contributed by atoms with Crippen LogP contribution in [0, 0.1) is 11.3 Å². The van der Waals surface area contributed by atoms with Crippen LogP contribution < -0.4 is 0 Å². The number of nitriles is 1. The third-order valence-corrected chi connectivity index (χ3v) is 2.88. The third kappa shape index (κ3) is 2.90. The highest BCUT2D eigenvalue weighted by atomic mass is 16.6. The summed E-state index contributed by atoms with van der Waals surface area (Å²) in [5.74, 6) is -0.550. The minimum atomic E-state index is -1.29. The molecular weight excluding hydrogens is 250 g/mol. The van der Waals surface area contributed by atoms with Crippen molar-refractivity contribution >= 4 is 5.97 Å². The lowest BCUT2D eigenvalue weighted by molar-refractivity contribution is -0.0253. The van der Waals surface area contributed by atoms with Crippen LogP contribution in [0.15, 0.2) is 30.3 Å². The highest BCUT2D eigenvalue weighted by Crippen LogP contribution is 2.21. The first kappa shape index (κ1) is 13.5. The molecule has 1 saturated heterocycles. The second-order valence-electron chi connectivity index (χ2n) is 4.17. The van der Waals surface area contributed by atoms with E-state index in [0.29, 0.717) is 5.56 Å². The number of carbonyl (C=O) groups is 1. The first-order valence-electron chi connectivity index (χ1n) is 5.77. The zero-order valence-electron chi connectivity index (χ0n) is 9.97. The molecule has 0 amide bonds. The lowest BCUT2D eigenvalue weighted by Gasteiger charge is -2.14. The molecule has 0 spiro atoms. The van der Waals surface area contributed by atoms with Crippen LogP contribution in [0.5, 0.6) is 0 Å². The van der Waals surface area contributed by atoms with E-state index in [-0.39, 0.29) is 6.61 Å². The number of aliphatic hydroxyl groups is 2. The molecule has 1 heterocycles. The van der Waals surface area contributed by atoms with Gasteiger partial charge < -0.3 is 19.7 Å². The highest BCUT2D eigenvalue weighted by molar-refractivity contribution is 5.89. The van der Waals surface area contributed by atoms with E-state index in [4.69, 9.17) is 14.7 Å². The van der Waals surface area contributed by atoms with Crippen molar-refractivity contribution in [3.8, 4) is 6.07 Å². The molecule has 19 heavy (non-hydrogen) atoms. The van der Waals surface area contributed by atoms with Gasteiger partial charge in [0.15, 0.2) is 6.10 Å². The number of rotatable bonds is 3. The number of carbonyl (C=O) groups excluding carboxylic acids is 1. The summed E-state index contributed by atoms with van der Waals surface area (Å²) >= 11 is 0. The Morgan fingerprint density at radius 2 is 2.00 bits per heavy atom. The second-order valence-corrected chi connectivity index (χ2v) is 4.17. The summed E-state index contributed by atoms with van der Waals surface area (Å²) in [5, 5.41) is 27.8. The molecule has 1 fully saturated rings. The van der Waals surface area contributed by atoms with Gasteiger partial charge in [-0.3, -0.25) is 0 Å². The van der Waals surface area contributed by atoms with Gasteiger partial charge in [-0.1, -0.05) is 18.2 Å². The lowest BCUT2D eigenvalue weighted by Crippen LogP contribution is -2.34. The summed E-state index contributed by atoms with van der Waals surface area (Å²) in [7, 11) is 0. The molecule has 1 aromatic rings. The SMILES string of the molecule is N#CC1OC(COC(=O)c2ccccc2)C(O)C1O. The van der Waals surface area contributed by atoms with Crippen LogP contribution in [0.3, 0.4) is 0 Å². The molecule has 2 rings (SSSR count). The van der Waals surface area contributed by atoms with E-state index in [0.717, 1.165) is 0 Å². The van der Waals surface area contributed by atoms with Gasteiger partial charge in [0.25, 0.3) is 0 Å². The predicted octanol–water partition coefficient (Wildman–Crippen LogP) is -0.144. The molecule has 1 aliphatic rings. The van der Waals surface area contributed by atoms with Crippen molar-refractivity contribution in [3.63, 3.8) is 0 Å². The molecule has 2 N–H and O–H groups in total. The summed E-state index contributed by atoms with van der Waals surface area (Å²) in [6.45, 7) is -0.218. The van der Waals surface area contributed by atoms with E-state index in [2.05, 4.69) is 0 Å². The van der Waals surface area contributed by atoms with Crippen LogP contribution in [0.25, 0.3) is 0 Å². The Kier molecular flexibility index (Phi) is 4.12. The molecule has 1 aliphatic heterocycles. The molecule has 0 radical (unpaired) electrons. The summed E-state index contributed by atoms with van der Waals surface area (Å²) in [6.07, 6.45) is -4.53. The van der Waals surface area contributed by atoms with E-state index in [9.17, 15) is 15.0 Å². The van der Waals surface area contributed by atoms with Gasteiger partial charge in [0.1, 0.15) is 24.9 Å². The number of esters is 1. The van der Waals surface area contributed by atoms with Crippen LogP contribution in [0.2, 0.25) is 0 Å². The highest BCUT2D eigenvalue weighted by Gasteiger charge is 2.43. The molecule has 6 nitrogen and oxygen atoms in total. The van der Waals surface area contributed by atoms with Crippen molar-refractivity contribution in [2.24, 2.45) is 0 Å². The maximum atomic E-state index is 11.7. The average molecular weight is 263 g/mol. The van der Waals surface area contributed by atoms with E-state index >= 15 is 0 Å². The number of hydrogen-bond donors (Lipinski definition) is 2. The number of hydrogen-bond acceptors (Lipinski definition) is 6. The van der Waals surface area contributed by atoms with Crippen molar-refractivity contribution in [3.05, 3.63) is 35.9 Å². The van der Waals surface area contributed by atoms with Crippen LogP contribution in [0.4, 0.5) is 0 Å². The quantitative estimate of drug-likeness (QED) is 0.736. The summed E-state index contributed by atoms with van der Waals surface area (Å²) < 4.78 is 10.1. The van der Waals surface area contributed by atoms with Gasteiger partial charge in [-0.2, -0.15) is 5.26 Å². The Hall–Kier alpha value is -1.94. The molecule has 0 saturated carbocycles. The van der Waals surface area contributed by atoms with Crippen molar-refractivity contribution in [2.75, 3.05) is 6.61 Å². The van der Waals surface area contributed by atoms with Gasteiger partial charge in [0.2, 0.25) is 0 Å². The third-order valence-electron chi connectivity index (χ3n) is 2.88. The fourth-order valence-corrected chi connectivity index (χ4v) is 1.81. The Morgan fingerprint density at radius 1 is 1.32 bits per heavy atom. The maximum absolute atomic E-state index is 11.7. The largest absolute Gasteiger partial charge is 0.459 e. The van der Waals surface area contributed by atoms with Crippen LogP contribution in [-0.2, 0) is 9.47 Å². The van der Waals surface area contributed by atoms with Crippen LogP contribution >= 0.6 is 0 Å². The zero-order chi connectivity index (χ0) is 13.8. The Bertz CT molecular complexity index is 484. The Balaban J connectivity index is 1.90. The second kappa shape index (κ2) is 5.80. The molecular formula is C13H13NO5. The van der Waals surface area contributed by atoms with Crippen LogP contribution in [0.1, 0.15) is 10.4 Å². The van der Waals surface area contributed by atoms with Gasteiger partial charge in [-0.15, -0.1) is 0 Å². The molecule has 0 aromatic heterocycles. The maximum Gasteiger partial charge on any atom is 0.338 e. The molecule has 100 valence electrons. The van der Waals surface area contributed by atoms with Crippen molar-refractivity contribution < 1.29 is 24.5 Å². The molecule has 4 atom stereocenters. The fraction of sp³-hybridized carbons (Fsp3) is 0.385. The van der Waals surface area contributed by atoms with Crippen molar-refractivity contribution in [2.45, 2.75) is 24.4 Å². The number of benzene rings is 1. The van der Waals surface area contributed by atoms with Crippen LogP contribution in [-0.4, -0.2) is 47.2 Å². The molecule has 0 bridgehead atoms. The minimum Gasteiger partial charge on any atom is -0.459 e. The van der Waals surface area contributed by atoms with E-state index in [1.807, 2.05) is 0 Å². The van der Waals surface area contributed by atoms with Crippen molar-refractivity contribution in [1.29, 1.82) is 5.26 Å². The molecule has 4 unspecified atom stereocenters. The minimum absolute atomic E-state index is 0.218.